The molecule has 0 rings (SSSR count). The Morgan fingerprint density at radius 3 is 2.11 bits per heavy atom. The molecule has 0 nitrogen and oxygen atoms in total. The maximum Gasteiger partial charge on any atom is 0.0182 e. The van der Waals surface area contributed by atoms with Crippen molar-refractivity contribution in [1.29, 1.82) is 0 Å². The molecule has 0 aromatic carbocycles. The van der Waals surface area contributed by atoms with Gasteiger partial charge in [-0.2, -0.15) is 0 Å². The first kappa shape index (κ1) is 9.44. The van der Waals surface area contributed by atoms with E-state index in [1.807, 2.05) is 17.7 Å². The maximum absolute atomic E-state index is 2.22. The molecular formula is C7H14S2. The minimum Gasteiger partial charge on any atom is -0.0836 e. The minimum atomic E-state index is 0.379. The summed E-state index contributed by atoms with van der Waals surface area (Å²) in [5, 5.41) is 2.11. The van der Waals surface area contributed by atoms with Crippen molar-refractivity contribution >= 4 is 21.6 Å². The van der Waals surface area contributed by atoms with E-state index < -0.39 is 0 Å². The second kappa shape index (κ2) is 4.29. The largest absolute Gasteiger partial charge is 0.0836 e. The van der Waals surface area contributed by atoms with Crippen molar-refractivity contribution in [2.45, 2.75) is 32.4 Å². The molecule has 0 unspecified atom stereocenters. The molecule has 0 aromatic rings. The van der Waals surface area contributed by atoms with E-state index in [0.29, 0.717) is 4.75 Å². The molecular weight excluding hydrogens is 148 g/mol. The molecule has 0 atom stereocenters. The molecule has 54 valence electrons. The lowest BCUT2D eigenvalue weighted by atomic mass is 10.3. The van der Waals surface area contributed by atoms with E-state index in [0.717, 1.165) is 0 Å². The van der Waals surface area contributed by atoms with Gasteiger partial charge >= 0.3 is 0 Å². The van der Waals surface area contributed by atoms with Crippen LogP contribution in [0.25, 0.3) is 0 Å². The molecule has 0 spiro atoms. The summed E-state index contributed by atoms with van der Waals surface area (Å²) < 4.78 is 0.379. The number of hydrogen-bond donors (Lipinski definition) is 0. The predicted molar refractivity (Wildman–Crippen MR) is 49.7 cm³/mol. The Balaban J connectivity index is 3.28. The summed E-state index contributed by atoms with van der Waals surface area (Å²) in [4.78, 5) is 0. The Kier molecular flexibility index (Phi) is 4.50. The summed E-state index contributed by atoms with van der Waals surface area (Å²) in [6.07, 6.45) is 2.06. The van der Waals surface area contributed by atoms with Crippen molar-refractivity contribution in [1.82, 2.24) is 0 Å². The highest BCUT2D eigenvalue weighted by Crippen LogP contribution is 2.35. The standard InChI is InChI=1S/C7H14S2/c1-5-6-8-9-7(2,3)4/h5-6H,1-4H3. The molecule has 0 aliphatic heterocycles. The van der Waals surface area contributed by atoms with Crippen LogP contribution in [0.3, 0.4) is 0 Å². The van der Waals surface area contributed by atoms with E-state index in [2.05, 4.69) is 32.3 Å². The van der Waals surface area contributed by atoms with Crippen LogP contribution in [0.1, 0.15) is 27.7 Å². The van der Waals surface area contributed by atoms with Gasteiger partial charge < -0.3 is 0 Å². The minimum absolute atomic E-state index is 0.379. The van der Waals surface area contributed by atoms with Gasteiger partial charge in [0.25, 0.3) is 0 Å². The summed E-state index contributed by atoms with van der Waals surface area (Å²) in [6.45, 7) is 8.69. The Morgan fingerprint density at radius 1 is 1.22 bits per heavy atom. The van der Waals surface area contributed by atoms with Crippen molar-refractivity contribution in [3.63, 3.8) is 0 Å². The average Bonchev–Trinajstić information content (AvgIpc) is 1.63. The molecule has 0 aliphatic carbocycles. The zero-order chi connectivity index (χ0) is 7.33. The molecule has 0 aromatic heterocycles. The number of hydrogen-bond acceptors (Lipinski definition) is 2. The monoisotopic (exact) mass is 162 g/mol. The lowest BCUT2D eigenvalue weighted by molar-refractivity contribution is 0.810. The fourth-order valence-electron chi connectivity index (χ4n) is 0.228. The van der Waals surface area contributed by atoms with Crippen LogP contribution in [0.5, 0.6) is 0 Å². The van der Waals surface area contributed by atoms with Crippen LogP contribution in [0, 0.1) is 0 Å². The zero-order valence-electron chi connectivity index (χ0n) is 6.47. The van der Waals surface area contributed by atoms with E-state index in [1.54, 1.807) is 10.8 Å². The van der Waals surface area contributed by atoms with Crippen molar-refractivity contribution in [2.24, 2.45) is 0 Å². The third-order valence-corrected chi connectivity index (χ3v) is 3.59. The van der Waals surface area contributed by atoms with Gasteiger partial charge in [0.1, 0.15) is 0 Å². The van der Waals surface area contributed by atoms with Crippen LogP contribution < -0.4 is 0 Å². The Bertz CT molecular complexity index is 89.6. The van der Waals surface area contributed by atoms with Gasteiger partial charge in [-0.05, 0) is 12.3 Å². The van der Waals surface area contributed by atoms with Gasteiger partial charge in [0.2, 0.25) is 0 Å². The van der Waals surface area contributed by atoms with E-state index in [9.17, 15) is 0 Å². The summed E-state index contributed by atoms with van der Waals surface area (Å²) in [5.74, 6) is 0. The first-order valence-electron chi connectivity index (χ1n) is 3.02. The fraction of sp³-hybridized carbons (Fsp3) is 0.714. The summed E-state index contributed by atoms with van der Waals surface area (Å²) in [7, 11) is 3.68. The number of rotatable bonds is 2. The fourth-order valence-corrected chi connectivity index (χ4v) is 2.05. The highest BCUT2D eigenvalue weighted by Gasteiger charge is 2.08. The van der Waals surface area contributed by atoms with Gasteiger partial charge in [-0.25, -0.2) is 0 Å². The van der Waals surface area contributed by atoms with Crippen LogP contribution in [-0.4, -0.2) is 4.75 Å². The molecule has 0 fully saturated rings. The summed E-state index contributed by atoms with van der Waals surface area (Å²) in [5.41, 5.74) is 0. The molecule has 0 aliphatic rings. The summed E-state index contributed by atoms with van der Waals surface area (Å²) >= 11 is 0. The molecule has 0 heterocycles. The van der Waals surface area contributed by atoms with E-state index in [4.69, 9.17) is 0 Å². The molecule has 0 radical (unpaired) electrons. The van der Waals surface area contributed by atoms with Crippen LogP contribution in [-0.2, 0) is 0 Å². The Labute approximate surface area is 65.9 Å². The van der Waals surface area contributed by atoms with Crippen molar-refractivity contribution in [3.8, 4) is 0 Å². The van der Waals surface area contributed by atoms with Crippen LogP contribution >= 0.6 is 21.6 Å². The van der Waals surface area contributed by atoms with E-state index in [-0.39, 0.29) is 0 Å². The number of allylic oxidation sites excluding steroid dienone is 1. The highest BCUT2D eigenvalue weighted by molar-refractivity contribution is 8.78. The van der Waals surface area contributed by atoms with Gasteiger partial charge in [-0.1, -0.05) is 48.4 Å². The first-order chi connectivity index (χ1) is 4.06. The topological polar surface area (TPSA) is 0 Å². The SMILES string of the molecule is CC=CSSC(C)(C)C. The molecule has 9 heavy (non-hydrogen) atoms. The second-order valence-electron chi connectivity index (χ2n) is 2.76. The van der Waals surface area contributed by atoms with Crippen molar-refractivity contribution in [3.05, 3.63) is 11.5 Å². The van der Waals surface area contributed by atoms with Gasteiger partial charge in [-0.15, -0.1) is 0 Å². The highest BCUT2D eigenvalue weighted by atomic mass is 33.1. The van der Waals surface area contributed by atoms with Crippen molar-refractivity contribution < 1.29 is 0 Å². The lowest BCUT2D eigenvalue weighted by Crippen LogP contribution is -2.03. The second-order valence-corrected chi connectivity index (χ2v) is 5.69. The molecule has 0 saturated heterocycles. The maximum atomic E-state index is 2.22. The van der Waals surface area contributed by atoms with E-state index >= 15 is 0 Å². The molecule has 0 bridgehead atoms. The third-order valence-electron chi connectivity index (χ3n) is 0.490. The normalized spacial score (nSPS) is 12.9. The smallest absolute Gasteiger partial charge is 0.0182 e. The van der Waals surface area contributed by atoms with Crippen LogP contribution in [0.15, 0.2) is 11.5 Å². The molecule has 0 saturated carbocycles. The van der Waals surface area contributed by atoms with Gasteiger partial charge in [-0.3, -0.25) is 0 Å². The van der Waals surface area contributed by atoms with Gasteiger partial charge in [0.15, 0.2) is 0 Å². The van der Waals surface area contributed by atoms with Gasteiger partial charge in [0.05, 0.1) is 0 Å². The average molecular weight is 162 g/mol. The van der Waals surface area contributed by atoms with Crippen LogP contribution in [0.4, 0.5) is 0 Å². The first-order valence-corrected chi connectivity index (χ1v) is 5.23. The van der Waals surface area contributed by atoms with Gasteiger partial charge in [0, 0.05) is 4.75 Å². The Hall–Kier alpha value is 0.440. The Morgan fingerprint density at radius 2 is 1.78 bits per heavy atom. The quantitative estimate of drug-likeness (QED) is 0.568. The predicted octanol–water partition coefficient (Wildman–Crippen LogP) is 3.70. The van der Waals surface area contributed by atoms with E-state index in [1.165, 1.54) is 0 Å². The molecule has 2 heteroatoms. The van der Waals surface area contributed by atoms with Crippen molar-refractivity contribution in [2.75, 3.05) is 0 Å². The third kappa shape index (κ3) is 8.44. The van der Waals surface area contributed by atoms with Crippen LogP contribution in [0.2, 0.25) is 0 Å². The zero-order valence-corrected chi connectivity index (χ0v) is 8.10. The molecule has 0 N–H and O–H groups in total. The molecule has 0 amide bonds. The summed E-state index contributed by atoms with van der Waals surface area (Å²) in [6, 6.07) is 0. The lowest BCUT2D eigenvalue weighted by Gasteiger charge is -2.14.